The van der Waals surface area contributed by atoms with Crippen LogP contribution in [0.3, 0.4) is 0 Å². The fourth-order valence-electron chi connectivity index (χ4n) is 13.4. The number of hydrogen-bond acceptors (Lipinski definition) is 3. The maximum absolute atomic E-state index is 15.1. The van der Waals surface area contributed by atoms with E-state index >= 15 is 8.78 Å². The second kappa shape index (κ2) is 25.0. The maximum Gasteiger partial charge on any atom is 3.00 e. The fraction of sp³-hybridized carbons (Fsp3) is 0.182. The summed E-state index contributed by atoms with van der Waals surface area (Å²) >= 11 is 0. The summed E-state index contributed by atoms with van der Waals surface area (Å²) in [4.78, 5) is 14.9. The summed E-state index contributed by atoms with van der Waals surface area (Å²) < 4.78 is 58.2. The fourth-order valence-corrected chi connectivity index (χ4v) is 13.4. The zero-order valence-corrected chi connectivity index (χ0v) is 49.4. The summed E-state index contributed by atoms with van der Waals surface area (Å²) in [6, 6.07) is 75.2. The van der Waals surface area contributed by atoms with Gasteiger partial charge in [0.05, 0.1) is 0 Å². The molecule has 3 heterocycles. The van der Waals surface area contributed by atoms with Crippen LogP contribution in [0.4, 0.5) is 17.6 Å². The van der Waals surface area contributed by atoms with Crippen molar-refractivity contribution in [1.82, 2.24) is 15.0 Å². The number of rotatable bonds is 14. The van der Waals surface area contributed by atoms with Crippen LogP contribution in [0.15, 0.2) is 219 Å². The standard InChI is InChI=1S/C77H60F4N3.Ir/c78-63-30-32-67(71(80)44-63)73-34-28-61(49-82-73)76(36-11-3-12-37-76)47-52-40-53(48-77(38-13-4-14-39-77)62-29-35-74(83-50-62)68-33-31-64(79)45-72(68)81)42-60(41-52)65-22-9-10-23-66(65)70-51-84-75(59-21-15-20-58(43-59)55-18-7-2-8-19-55)46-69(70)57-26-24-56(25-27-57)54-16-5-1-6-17-54;/h1-2,5-10,15-31,34-35,40-42,44-46,49-51H,3-4,11-14,36-39,47-48H2;/q-3;+3. The van der Waals surface area contributed by atoms with Gasteiger partial charge in [0.2, 0.25) is 0 Å². The molecule has 13 rings (SSSR count). The van der Waals surface area contributed by atoms with Gasteiger partial charge in [0.1, 0.15) is 0 Å². The van der Waals surface area contributed by atoms with Gasteiger partial charge >= 0.3 is 20.1 Å². The SMILES string of the molecule is Fc1c[c-]c(-c2ccc(C3(Cc4cc(CC5(c6ccc(-c7[c-]cc(F)cc7F)nc6)CCCCC5)cc(-c5ccccc5-c5cnc(-c6[c-]c(-c7ccccc7)ccc6)cc5-c5ccc(-c6ccccc6)cc5)c4)CCCCC3)cn2)c(F)c1.[Ir+3]. The maximum atomic E-state index is 15.1. The zero-order chi connectivity index (χ0) is 57.0. The molecule has 0 spiro atoms. The van der Waals surface area contributed by atoms with Gasteiger partial charge in [-0.2, -0.15) is 0 Å². The third-order valence-electron chi connectivity index (χ3n) is 17.6. The monoisotopic (exact) mass is 1300 g/mol. The van der Waals surface area contributed by atoms with Gasteiger partial charge in [-0.3, -0.25) is 22.5 Å². The molecule has 3 aromatic heterocycles. The van der Waals surface area contributed by atoms with Crippen LogP contribution < -0.4 is 0 Å². The summed E-state index contributed by atoms with van der Waals surface area (Å²) in [5, 5.41) is 0. The zero-order valence-electron chi connectivity index (χ0n) is 47.0. The molecule has 2 saturated carbocycles. The number of halogens is 4. The van der Waals surface area contributed by atoms with Crippen LogP contribution in [0.2, 0.25) is 0 Å². The van der Waals surface area contributed by atoms with Crippen molar-refractivity contribution < 1.29 is 37.7 Å². The smallest absolute Gasteiger partial charge is 0.304 e. The van der Waals surface area contributed by atoms with Gasteiger partial charge in [-0.15, -0.1) is 54.1 Å². The van der Waals surface area contributed by atoms with Crippen LogP contribution in [-0.4, -0.2) is 15.0 Å². The quantitative estimate of drug-likeness (QED) is 0.0804. The van der Waals surface area contributed by atoms with Gasteiger partial charge in [-0.25, -0.2) is 0 Å². The minimum Gasteiger partial charge on any atom is -0.304 e. The third-order valence-corrected chi connectivity index (χ3v) is 17.6. The number of aromatic nitrogens is 3. The normalized spacial score (nSPS) is 14.5. The molecule has 0 saturated heterocycles. The van der Waals surface area contributed by atoms with Crippen LogP contribution in [-0.2, 0) is 43.8 Å². The van der Waals surface area contributed by atoms with Gasteiger partial charge in [0.15, 0.2) is 0 Å². The van der Waals surface area contributed by atoms with Crippen LogP contribution >= 0.6 is 0 Å². The topological polar surface area (TPSA) is 38.7 Å². The van der Waals surface area contributed by atoms with E-state index in [9.17, 15) is 8.78 Å². The first-order valence-corrected chi connectivity index (χ1v) is 29.3. The third kappa shape index (κ3) is 12.1. The van der Waals surface area contributed by atoms with Crippen molar-refractivity contribution in [3.8, 4) is 89.4 Å². The Morgan fingerprint density at radius 1 is 0.365 bits per heavy atom. The molecule has 2 aliphatic carbocycles. The molecule has 420 valence electrons. The predicted octanol–water partition coefficient (Wildman–Crippen LogP) is 20.1. The second-order valence-electron chi connectivity index (χ2n) is 23.0. The molecule has 0 atom stereocenters. The molecule has 0 radical (unpaired) electrons. The van der Waals surface area contributed by atoms with Gasteiger partial charge in [-0.1, -0.05) is 231 Å². The van der Waals surface area contributed by atoms with Crippen molar-refractivity contribution in [3.63, 3.8) is 0 Å². The first-order chi connectivity index (χ1) is 41.2. The Hall–Kier alpha value is -8.42. The van der Waals surface area contributed by atoms with E-state index in [0.717, 1.165) is 179 Å². The van der Waals surface area contributed by atoms with Crippen LogP contribution in [0.1, 0.15) is 86.5 Å². The van der Waals surface area contributed by atoms with E-state index in [1.807, 2.05) is 55.0 Å². The molecule has 0 aliphatic heterocycles. The Balaban J connectivity index is 0.00000709. The molecule has 85 heavy (non-hydrogen) atoms. The number of pyridine rings is 3. The van der Waals surface area contributed by atoms with E-state index in [1.54, 1.807) is 0 Å². The van der Waals surface area contributed by atoms with Crippen molar-refractivity contribution in [1.29, 1.82) is 0 Å². The first-order valence-electron chi connectivity index (χ1n) is 29.3. The summed E-state index contributed by atoms with van der Waals surface area (Å²) in [5.41, 5.74) is 17.7. The molecule has 0 unspecified atom stereocenters. The number of benzene rings is 8. The number of nitrogens with zero attached hydrogens (tertiary/aromatic N) is 3. The predicted molar refractivity (Wildman–Crippen MR) is 329 cm³/mol. The van der Waals surface area contributed by atoms with Crippen LogP contribution in [0.25, 0.3) is 89.4 Å². The molecular weight excluding hydrogens is 1240 g/mol. The average molecular weight is 1300 g/mol. The first kappa shape index (κ1) is 57.0. The van der Waals surface area contributed by atoms with E-state index in [1.165, 1.54) is 11.1 Å². The molecule has 0 N–H and O–H groups in total. The second-order valence-corrected chi connectivity index (χ2v) is 23.0. The molecule has 0 amide bonds. The van der Waals surface area contributed by atoms with Crippen LogP contribution in [0.5, 0.6) is 0 Å². The van der Waals surface area contributed by atoms with E-state index < -0.39 is 23.3 Å². The minimum atomic E-state index is -0.693. The van der Waals surface area contributed by atoms with E-state index in [-0.39, 0.29) is 42.1 Å². The van der Waals surface area contributed by atoms with Crippen molar-refractivity contribution >= 4 is 0 Å². The Bertz CT molecular complexity index is 3980. The van der Waals surface area contributed by atoms with Gasteiger partial charge in [0, 0.05) is 63.9 Å². The minimum absolute atomic E-state index is 0. The molecule has 8 aromatic carbocycles. The van der Waals surface area contributed by atoms with Crippen molar-refractivity contribution in [2.24, 2.45) is 0 Å². The van der Waals surface area contributed by atoms with Crippen molar-refractivity contribution in [2.45, 2.75) is 87.9 Å². The molecule has 2 aliphatic rings. The molecule has 8 heteroatoms. The van der Waals surface area contributed by atoms with E-state index in [2.05, 4.69) is 158 Å². The van der Waals surface area contributed by atoms with Gasteiger partial charge in [-0.05, 0) is 111 Å². The largest absolute Gasteiger partial charge is 3.00 e. The summed E-state index contributed by atoms with van der Waals surface area (Å²) in [6.07, 6.45) is 17.8. The Morgan fingerprint density at radius 2 is 0.847 bits per heavy atom. The summed E-state index contributed by atoms with van der Waals surface area (Å²) in [5.74, 6) is -2.74. The van der Waals surface area contributed by atoms with Crippen molar-refractivity contribution in [3.05, 3.63) is 283 Å². The molecule has 0 bridgehead atoms. The Labute approximate surface area is 509 Å². The van der Waals surface area contributed by atoms with Gasteiger partial charge in [0.25, 0.3) is 0 Å². The van der Waals surface area contributed by atoms with E-state index in [4.69, 9.17) is 15.0 Å². The Morgan fingerprint density at radius 3 is 1.38 bits per heavy atom. The average Bonchev–Trinajstić information content (AvgIpc) is 3.18. The summed E-state index contributed by atoms with van der Waals surface area (Å²) in [7, 11) is 0. The summed E-state index contributed by atoms with van der Waals surface area (Å²) in [6.45, 7) is 0. The molecular formula is C77H60F4IrN3. The van der Waals surface area contributed by atoms with Crippen LogP contribution in [0, 0.1) is 41.5 Å². The molecule has 2 fully saturated rings. The number of hydrogen-bond donors (Lipinski definition) is 0. The van der Waals surface area contributed by atoms with Crippen molar-refractivity contribution in [2.75, 3.05) is 0 Å². The van der Waals surface area contributed by atoms with Gasteiger partial charge < -0.3 is 9.97 Å². The Kier molecular flexibility index (Phi) is 16.8. The molecule has 11 aromatic rings. The molecule has 3 nitrogen and oxygen atoms in total. The van der Waals surface area contributed by atoms with E-state index in [0.29, 0.717) is 11.4 Å².